The lowest BCUT2D eigenvalue weighted by atomic mass is 10.0. The molecule has 1 heterocycles. The minimum atomic E-state index is 0.760. The molecule has 0 amide bonds. The molecule has 0 saturated heterocycles. The number of aromatic nitrogens is 2. The monoisotopic (exact) mass is 292 g/mol. The SMILES string of the molecule is CCn1nc(-c2ccccc2)c(-c2ccccc2)cc1=S. The summed E-state index contributed by atoms with van der Waals surface area (Å²) in [6, 6.07) is 22.6. The Morgan fingerprint density at radius 2 is 1.48 bits per heavy atom. The normalized spacial score (nSPS) is 10.5. The third-order valence-corrected chi connectivity index (χ3v) is 3.76. The summed E-state index contributed by atoms with van der Waals surface area (Å²) in [6.07, 6.45) is 0. The summed E-state index contributed by atoms with van der Waals surface area (Å²) in [5.41, 5.74) is 4.29. The molecule has 0 unspecified atom stereocenters. The van der Waals surface area contributed by atoms with Crippen LogP contribution in [-0.2, 0) is 6.54 Å². The molecule has 0 fully saturated rings. The molecule has 0 aliphatic carbocycles. The number of hydrogen-bond donors (Lipinski definition) is 0. The zero-order valence-corrected chi connectivity index (χ0v) is 12.7. The minimum Gasteiger partial charge on any atom is -0.254 e. The van der Waals surface area contributed by atoms with Crippen molar-refractivity contribution >= 4 is 12.2 Å². The van der Waals surface area contributed by atoms with Crippen molar-refractivity contribution in [3.63, 3.8) is 0 Å². The molecule has 0 aliphatic heterocycles. The average Bonchev–Trinajstić information content (AvgIpc) is 2.56. The van der Waals surface area contributed by atoms with E-state index >= 15 is 0 Å². The first-order chi connectivity index (χ1) is 10.3. The topological polar surface area (TPSA) is 17.8 Å². The van der Waals surface area contributed by atoms with Crippen LogP contribution in [0.25, 0.3) is 22.4 Å². The Morgan fingerprint density at radius 3 is 2.05 bits per heavy atom. The van der Waals surface area contributed by atoms with Crippen LogP contribution >= 0.6 is 12.2 Å². The number of benzene rings is 2. The summed E-state index contributed by atoms with van der Waals surface area (Å²) in [6.45, 7) is 2.83. The summed E-state index contributed by atoms with van der Waals surface area (Å²) >= 11 is 5.45. The highest BCUT2D eigenvalue weighted by Crippen LogP contribution is 2.30. The molecule has 0 spiro atoms. The first kappa shape index (κ1) is 13.7. The molecule has 104 valence electrons. The Kier molecular flexibility index (Phi) is 3.93. The van der Waals surface area contributed by atoms with Crippen LogP contribution in [0.3, 0.4) is 0 Å². The molecule has 0 radical (unpaired) electrons. The van der Waals surface area contributed by atoms with Crippen LogP contribution in [0.15, 0.2) is 66.7 Å². The van der Waals surface area contributed by atoms with E-state index in [0.29, 0.717) is 0 Å². The van der Waals surface area contributed by atoms with Crippen LogP contribution in [0.4, 0.5) is 0 Å². The summed E-state index contributed by atoms with van der Waals surface area (Å²) in [4.78, 5) is 0. The van der Waals surface area contributed by atoms with Gasteiger partial charge in [-0.2, -0.15) is 5.10 Å². The highest BCUT2D eigenvalue weighted by molar-refractivity contribution is 7.71. The predicted molar refractivity (Wildman–Crippen MR) is 89.6 cm³/mol. The number of nitrogens with zero attached hydrogens (tertiary/aromatic N) is 2. The summed E-state index contributed by atoms with van der Waals surface area (Å²) in [5, 5.41) is 4.75. The Labute approximate surface area is 129 Å². The maximum Gasteiger partial charge on any atom is 0.123 e. The van der Waals surface area contributed by atoms with E-state index in [1.807, 2.05) is 47.1 Å². The number of rotatable bonds is 3. The lowest BCUT2D eigenvalue weighted by Gasteiger charge is -2.12. The lowest BCUT2D eigenvalue weighted by Crippen LogP contribution is -2.05. The van der Waals surface area contributed by atoms with Gasteiger partial charge >= 0.3 is 0 Å². The summed E-state index contributed by atoms with van der Waals surface area (Å²) < 4.78 is 2.63. The minimum absolute atomic E-state index is 0.760. The van der Waals surface area contributed by atoms with E-state index in [4.69, 9.17) is 17.3 Å². The van der Waals surface area contributed by atoms with Gasteiger partial charge in [-0.05, 0) is 18.6 Å². The van der Waals surface area contributed by atoms with Crippen LogP contribution in [0, 0.1) is 4.64 Å². The second-order valence-corrected chi connectivity index (χ2v) is 5.21. The third kappa shape index (κ3) is 2.78. The van der Waals surface area contributed by atoms with E-state index in [9.17, 15) is 0 Å². The van der Waals surface area contributed by atoms with Gasteiger partial charge in [-0.25, -0.2) is 0 Å². The second kappa shape index (κ2) is 6.02. The molecule has 2 nitrogen and oxygen atoms in total. The van der Waals surface area contributed by atoms with Crippen LogP contribution in [-0.4, -0.2) is 9.78 Å². The Hall–Kier alpha value is -2.26. The molecule has 1 aromatic heterocycles. The van der Waals surface area contributed by atoms with E-state index < -0.39 is 0 Å². The van der Waals surface area contributed by atoms with Gasteiger partial charge < -0.3 is 0 Å². The highest BCUT2D eigenvalue weighted by atomic mass is 32.1. The van der Waals surface area contributed by atoms with Gasteiger partial charge in [0.05, 0.1) is 5.69 Å². The fourth-order valence-electron chi connectivity index (χ4n) is 2.36. The van der Waals surface area contributed by atoms with Crippen molar-refractivity contribution in [1.29, 1.82) is 0 Å². The summed E-state index contributed by atoms with van der Waals surface area (Å²) in [5.74, 6) is 0. The van der Waals surface area contributed by atoms with Gasteiger partial charge in [0.1, 0.15) is 4.64 Å². The largest absolute Gasteiger partial charge is 0.254 e. The molecular weight excluding hydrogens is 276 g/mol. The van der Waals surface area contributed by atoms with Crippen LogP contribution in [0.1, 0.15) is 6.92 Å². The lowest BCUT2D eigenvalue weighted by molar-refractivity contribution is 0.634. The van der Waals surface area contributed by atoms with Crippen molar-refractivity contribution in [2.24, 2.45) is 0 Å². The van der Waals surface area contributed by atoms with E-state index in [-0.39, 0.29) is 0 Å². The fourth-order valence-corrected chi connectivity index (χ4v) is 2.65. The summed E-state index contributed by atoms with van der Waals surface area (Å²) in [7, 11) is 0. The van der Waals surface area contributed by atoms with Crippen molar-refractivity contribution in [3.8, 4) is 22.4 Å². The molecular formula is C18H16N2S. The quantitative estimate of drug-likeness (QED) is 0.634. The number of hydrogen-bond acceptors (Lipinski definition) is 2. The van der Waals surface area contributed by atoms with Crippen molar-refractivity contribution in [3.05, 3.63) is 71.4 Å². The van der Waals surface area contributed by atoms with Gasteiger partial charge in [0.2, 0.25) is 0 Å². The van der Waals surface area contributed by atoms with E-state index in [1.165, 1.54) is 0 Å². The maximum absolute atomic E-state index is 5.45. The highest BCUT2D eigenvalue weighted by Gasteiger charge is 2.10. The fraction of sp³-hybridized carbons (Fsp3) is 0.111. The maximum atomic E-state index is 5.45. The van der Waals surface area contributed by atoms with Crippen molar-refractivity contribution in [2.75, 3.05) is 0 Å². The van der Waals surface area contributed by atoms with E-state index in [0.717, 1.165) is 33.6 Å². The molecule has 0 saturated carbocycles. The molecule has 0 bridgehead atoms. The Bertz CT molecular complexity index is 792. The van der Waals surface area contributed by atoms with Gasteiger partial charge in [0, 0.05) is 17.7 Å². The smallest absolute Gasteiger partial charge is 0.123 e. The first-order valence-electron chi connectivity index (χ1n) is 7.02. The van der Waals surface area contributed by atoms with Gasteiger partial charge in [0.15, 0.2) is 0 Å². The van der Waals surface area contributed by atoms with Gasteiger partial charge in [-0.1, -0.05) is 72.9 Å². The van der Waals surface area contributed by atoms with E-state index in [1.54, 1.807) is 0 Å². The van der Waals surface area contributed by atoms with Crippen LogP contribution < -0.4 is 0 Å². The molecule has 0 N–H and O–H groups in total. The third-order valence-electron chi connectivity index (χ3n) is 3.43. The van der Waals surface area contributed by atoms with Crippen LogP contribution in [0.5, 0.6) is 0 Å². The first-order valence-corrected chi connectivity index (χ1v) is 7.43. The second-order valence-electron chi connectivity index (χ2n) is 4.79. The molecule has 3 aromatic rings. The average molecular weight is 292 g/mol. The van der Waals surface area contributed by atoms with Gasteiger partial charge in [0.25, 0.3) is 0 Å². The standard InChI is InChI=1S/C18H16N2S/c1-2-20-17(21)13-16(14-9-5-3-6-10-14)18(19-20)15-11-7-4-8-12-15/h3-13H,2H2,1H3. The van der Waals surface area contributed by atoms with Crippen molar-refractivity contribution in [2.45, 2.75) is 13.5 Å². The van der Waals surface area contributed by atoms with Crippen LogP contribution in [0.2, 0.25) is 0 Å². The van der Waals surface area contributed by atoms with Crippen molar-refractivity contribution < 1.29 is 0 Å². The van der Waals surface area contributed by atoms with E-state index in [2.05, 4.69) is 31.2 Å². The van der Waals surface area contributed by atoms with Gasteiger partial charge in [-0.15, -0.1) is 0 Å². The predicted octanol–water partition coefficient (Wildman–Crippen LogP) is 4.97. The number of aryl methyl sites for hydroxylation is 1. The zero-order valence-electron chi connectivity index (χ0n) is 11.9. The molecule has 2 aromatic carbocycles. The molecule has 3 heteroatoms. The Morgan fingerprint density at radius 1 is 0.905 bits per heavy atom. The Balaban J connectivity index is 2.28. The molecule has 21 heavy (non-hydrogen) atoms. The van der Waals surface area contributed by atoms with Gasteiger partial charge in [-0.3, -0.25) is 4.68 Å². The molecule has 3 rings (SSSR count). The van der Waals surface area contributed by atoms with Crippen molar-refractivity contribution in [1.82, 2.24) is 9.78 Å². The zero-order chi connectivity index (χ0) is 14.7. The molecule has 0 atom stereocenters. The molecule has 0 aliphatic rings.